The van der Waals surface area contributed by atoms with E-state index in [1.54, 1.807) is 0 Å². The van der Waals surface area contributed by atoms with Gasteiger partial charge in [-0.25, -0.2) is 4.99 Å². The molecule has 2 N–H and O–H groups in total. The zero-order valence-corrected chi connectivity index (χ0v) is 8.74. The highest BCUT2D eigenvalue weighted by molar-refractivity contribution is 5.80. The molecular weight excluding hydrogens is 176 g/mol. The first-order valence-electron chi connectivity index (χ1n) is 5.05. The SMILES string of the molecule is C=CCCC(CCN)CCC(=O)N=C. The Balaban J connectivity index is 3.76. The van der Waals surface area contributed by atoms with Crippen LogP contribution in [0.5, 0.6) is 0 Å². The Bertz CT molecular complexity index is 190. The van der Waals surface area contributed by atoms with Gasteiger partial charge in [0.1, 0.15) is 0 Å². The molecular formula is C11H20N2O. The first-order valence-corrected chi connectivity index (χ1v) is 5.05. The Kier molecular flexibility index (Phi) is 8.04. The van der Waals surface area contributed by atoms with Crippen LogP contribution in [0.2, 0.25) is 0 Å². The van der Waals surface area contributed by atoms with E-state index in [2.05, 4.69) is 18.3 Å². The summed E-state index contributed by atoms with van der Waals surface area (Å²) in [5.41, 5.74) is 5.49. The minimum atomic E-state index is -0.120. The summed E-state index contributed by atoms with van der Waals surface area (Å²) >= 11 is 0. The van der Waals surface area contributed by atoms with Crippen LogP contribution in [0, 0.1) is 5.92 Å². The predicted octanol–water partition coefficient (Wildman–Crippen LogP) is 1.93. The van der Waals surface area contributed by atoms with Crippen LogP contribution in [-0.2, 0) is 4.79 Å². The fraction of sp³-hybridized carbons (Fsp3) is 0.636. The predicted molar refractivity (Wildman–Crippen MR) is 60.4 cm³/mol. The van der Waals surface area contributed by atoms with Gasteiger partial charge in [0, 0.05) is 6.42 Å². The van der Waals surface area contributed by atoms with Gasteiger partial charge in [-0.05, 0) is 44.9 Å². The molecule has 0 rings (SSSR count). The molecule has 0 aromatic rings. The van der Waals surface area contributed by atoms with E-state index in [1.807, 2.05) is 6.08 Å². The Morgan fingerprint density at radius 1 is 1.43 bits per heavy atom. The second-order valence-electron chi connectivity index (χ2n) is 3.40. The van der Waals surface area contributed by atoms with E-state index in [0.29, 0.717) is 18.9 Å². The first-order chi connectivity index (χ1) is 6.74. The summed E-state index contributed by atoms with van der Waals surface area (Å²) in [6, 6.07) is 0. The smallest absolute Gasteiger partial charge is 0.245 e. The van der Waals surface area contributed by atoms with Gasteiger partial charge >= 0.3 is 0 Å². The van der Waals surface area contributed by atoms with E-state index >= 15 is 0 Å². The fourth-order valence-corrected chi connectivity index (χ4v) is 1.43. The van der Waals surface area contributed by atoms with Crippen LogP contribution in [0.25, 0.3) is 0 Å². The molecule has 14 heavy (non-hydrogen) atoms. The summed E-state index contributed by atoms with van der Waals surface area (Å²) in [6.45, 7) is 7.56. The van der Waals surface area contributed by atoms with Crippen molar-refractivity contribution in [1.29, 1.82) is 0 Å². The molecule has 1 amide bonds. The first kappa shape index (κ1) is 13.0. The zero-order valence-electron chi connectivity index (χ0n) is 8.74. The molecule has 0 saturated carbocycles. The number of nitrogens with two attached hydrogens (primary N) is 1. The highest BCUT2D eigenvalue weighted by Gasteiger charge is 2.08. The quantitative estimate of drug-likeness (QED) is 0.476. The molecule has 0 aliphatic heterocycles. The number of hydrogen-bond acceptors (Lipinski definition) is 2. The zero-order chi connectivity index (χ0) is 10.8. The summed E-state index contributed by atoms with van der Waals surface area (Å²) in [5, 5.41) is 0. The lowest BCUT2D eigenvalue weighted by Gasteiger charge is -2.13. The Hall–Kier alpha value is -0.960. The Morgan fingerprint density at radius 2 is 2.14 bits per heavy atom. The van der Waals surface area contributed by atoms with Gasteiger partial charge < -0.3 is 5.73 Å². The molecule has 0 spiro atoms. The molecule has 0 fully saturated rings. The highest BCUT2D eigenvalue weighted by Crippen LogP contribution is 2.17. The van der Waals surface area contributed by atoms with Crippen molar-refractivity contribution in [2.75, 3.05) is 6.54 Å². The standard InChI is InChI=1S/C11H20N2O/c1-3-4-5-10(8-9-12)6-7-11(14)13-2/h3,10H,1-2,4-9,12H2. The molecule has 1 unspecified atom stereocenters. The van der Waals surface area contributed by atoms with Gasteiger partial charge in [0.2, 0.25) is 5.91 Å². The van der Waals surface area contributed by atoms with E-state index in [9.17, 15) is 4.79 Å². The van der Waals surface area contributed by atoms with Crippen molar-refractivity contribution < 1.29 is 4.79 Å². The van der Waals surface area contributed by atoms with E-state index in [0.717, 1.165) is 25.7 Å². The molecule has 1 atom stereocenters. The number of carbonyl (C=O) groups is 1. The van der Waals surface area contributed by atoms with Crippen LogP contribution in [0.3, 0.4) is 0 Å². The molecule has 0 aliphatic rings. The lowest BCUT2D eigenvalue weighted by atomic mass is 9.94. The van der Waals surface area contributed by atoms with E-state index in [1.165, 1.54) is 0 Å². The number of hydrogen-bond donors (Lipinski definition) is 1. The third-order valence-electron chi connectivity index (χ3n) is 2.30. The number of rotatable bonds is 8. The van der Waals surface area contributed by atoms with Crippen LogP contribution in [0.4, 0.5) is 0 Å². The average molecular weight is 196 g/mol. The molecule has 3 nitrogen and oxygen atoms in total. The topological polar surface area (TPSA) is 55.5 Å². The minimum Gasteiger partial charge on any atom is -0.330 e. The van der Waals surface area contributed by atoms with E-state index in [-0.39, 0.29) is 5.91 Å². The Labute approximate surface area is 86.1 Å². The van der Waals surface area contributed by atoms with Crippen molar-refractivity contribution in [3.8, 4) is 0 Å². The summed E-state index contributed by atoms with van der Waals surface area (Å²) in [5.74, 6) is 0.398. The molecule has 0 aromatic heterocycles. The molecule has 80 valence electrons. The van der Waals surface area contributed by atoms with Gasteiger partial charge in [-0.2, -0.15) is 0 Å². The van der Waals surface area contributed by atoms with Gasteiger partial charge in [0.15, 0.2) is 0 Å². The van der Waals surface area contributed by atoms with Gasteiger partial charge in [-0.1, -0.05) is 6.08 Å². The van der Waals surface area contributed by atoms with Gasteiger partial charge in [0.05, 0.1) is 0 Å². The van der Waals surface area contributed by atoms with Crippen molar-refractivity contribution in [1.82, 2.24) is 0 Å². The number of nitrogens with zero attached hydrogens (tertiary/aromatic N) is 1. The highest BCUT2D eigenvalue weighted by atomic mass is 16.1. The molecule has 0 radical (unpaired) electrons. The van der Waals surface area contributed by atoms with Crippen molar-refractivity contribution >= 4 is 12.6 Å². The fourth-order valence-electron chi connectivity index (χ4n) is 1.43. The van der Waals surface area contributed by atoms with Gasteiger partial charge in [-0.3, -0.25) is 4.79 Å². The summed E-state index contributed by atoms with van der Waals surface area (Å²) in [7, 11) is 0. The molecule has 3 heteroatoms. The van der Waals surface area contributed by atoms with Gasteiger partial charge in [-0.15, -0.1) is 6.58 Å². The maximum Gasteiger partial charge on any atom is 0.245 e. The van der Waals surface area contributed by atoms with Crippen LogP contribution in [-0.4, -0.2) is 19.2 Å². The third kappa shape index (κ3) is 6.54. The Morgan fingerprint density at radius 3 is 2.64 bits per heavy atom. The van der Waals surface area contributed by atoms with E-state index < -0.39 is 0 Å². The van der Waals surface area contributed by atoms with Crippen molar-refractivity contribution in [3.05, 3.63) is 12.7 Å². The molecule has 0 aromatic carbocycles. The molecule has 0 saturated heterocycles. The van der Waals surface area contributed by atoms with Crippen LogP contribution in [0.1, 0.15) is 32.1 Å². The monoisotopic (exact) mass is 196 g/mol. The third-order valence-corrected chi connectivity index (χ3v) is 2.30. The second kappa shape index (κ2) is 8.63. The number of amides is 1. The van der Waals surface area contributed by atoms with Crippen molar-refractivity contribution in [2.45, 2.75) is 32.1 Å². The minimum absolute atomic E-state index is 0.120. The number of aliphatic imine (C=N–C) groups is 1. The van der Waals surface area contributed by atoms with E-state index in [4.69, 9.17) is 5.73 Å². The molecule has 0 aliphatic carbocycles. The molecule has 0 bridgehead atoms. The van der Waals surface area contributed by atoms with Crippen molar-refractivity contribution in [2.24, 2.45) is 16.6 Å². The largest absolute Gasteiger partial charge is 0.330 e. The van der Waals surface area contributed by atoms with Gasteiger partial charge in [0.25, 0.3) is 0 Å². The number of allylic oxidation sites excluding steroid dienone is 1. The number of carbonyl (C=O) groups excluding carboxylic acids is 1. The second-order valence-corrected chi connectivity index (χ2v) is 3.40. The summed E-state index contributed by atoms with van der Waals surface area (Å²) in [4.78, 5) is 14.3. The normalized spacial score (nSPS) is 12.1. The summed E-state index contributed by atoms with van der Waals surface area (Å²) < 4.78 is 0. The maximum atomic E-state index is 10.9. The van der Waals surface area contributed by atoms with Crippen LogP contribution >= 0.6 is 0 Å². The summed E-state index contributed by atoms with van der Waals surface area (Å²) in [6.07, 6.45) is 6.27. The van der Waals surface area contributed by atoms with Crippen LogP contribution in [0.15, 0.2) is 17.6 Å². The lowest BCUT2D eigenvalue weighted by molar-refractivity contribution is -0.118. The van der Waals surface area contributed by atoms with Crippen molar-refractivity contribution in [3.63, 3.8) is 0 Å². The molecule has 0 heterocycles. The van der Waals surface area contributed by atoms with Crippen LogP contribution < -0.4 is 5.73 Å². The average Bonchev–Trinajstić information content (AvgIpc) is 2.21. The maximum absolute atomic E-state index is 10.9. The lowest BCUT2D eigenvalue weighted by Crippen LogP contribution is -2.10.